The standard InChI is InChI=1S/C24H31N3O3S/c1-19-7-9-23(10-8-19)31(29,30)27-15-11-21(12-16-27)24(28)25-22-13-14-26(18-22)17-20-5-3-2-4-6-20/h2-10,21-22H,11-18H2,1H3,(H,25,28). The maximum Gasteiger partial charge on any atom is 0.243 e. The first-order chi connectivity index (χ1) is 14.9. The molecule has 2 saturated heterocycles. The van der Waals surface area contributed by atoms with E-state index in [1.165, 1.54) is 9.87 Å². The van der Waals surface area contributed by atoms with Gasteiger partial charge in [-0.15, -0.1) is 0 Å². The van der Waals surface area contributed by atoms with E-state index in [0.717, 1.165) is 31.6 Å². The van der Waals surface area contributed by atoms with Crippen LogP contribution in [0.4, 0.5) is 0 Å². The molecule has 1 unspecified atom stereocenters. The van der Waals surface area contributed by atoms with Crippen molar-refractivity contribution in [3.8, 4) is 0 Å². The van der Waals surface area contributed by atoms with E-state index in [2.05, 4.69) is 34.5 Å². The lowest BCUT2D eigenvalue weighted by Crippen LogP contribution is -2.45. The van der Waals surface area contributed by atoms with Crippen LogP contribution in [0, 0.1) is 12.8 Å². The molecule has 0 saturated carbocycles. The predicted molar refractivity (Wildman–Crippen MR) is 121 cm³/mol. The largest absolute Gasteiger partial charge is 0.352 e. The smallest absolute Gasteiger partial charge is 0.243 e. The van der Waals surface area contributed by atoms with Gasteiger partial charge in [-0.1, -0.05) is 48.0 Å². The Kier molecular flexibility index (Phi) is 6.74. The Morgan fingerprint density at radius 1 is 0.968 bits per heavy atom. The van der Waals surface area contributed by atoms with Gasteiger partial charge in [0.05, 0.1) is 4.90 Å². The number of carbonyl (C=O) groups is 1. The van der Waals surface area contributed by atoms with Crippen LogP contribution in [0.1, 0.15) is 30.4 Å². The highest BCUT2D eigenvalue weighted by molar-refractivity contribution is 7.89. The van der Waals surface area contributed by atoms with Gasteiger partial charge in [0.2, 0.25) is 15.9 Å². The van der Waals surface area contributed by atoms with Gasteiger partial charge in [0.25, 0.3) is 0 Å². The lowest BCUT2D eigenvalue weighted by atomic mass is 9.97. The van der Waals surface area contributed by atoms with E-state index >= 15 is 0 Å². The third kappa shape index (κ3) is 5.34. The molecule has 2 aromatic rings. The lowest BCUT2D eigenvalue weighted by molar-refractivity contribution is -0.126. The minimum absolute atomic E-state index is 0.0685. The normalized spacial score (nSPS) is 21.3. The van der Waals surface area contributed by atoms with Gasteiger partial charge in [0.15, 0.2) is 0 Å². The van der Waals surface area contributed by atoms with Crippen molar-refractivity contribution >= 4 is 15.9 Å². The summed E-state index contributed by atoms with van der Waals surface area (Å²) in [5.41, 5.74) is 2.32. The van der Waals surface area contributed by atoms with Crippen molar-refractivity contribution in [3.63, 3.8) is 0 Å². The first kappa shape index (κ1) is 22.0. The van der Waals surface area contributed by atoms with Gasteiger partial charge in [-0.05, 0) is 43.9 Å². The van der Waals surface area contributed by atoms with Crippen molar-refractivity contribution in [2.24, 2.45) is 5.92 Å². The Labute approximate surface area is 185 Å². The summed E-state index contributed by atoms with van der Waals surface area (Å²) >= 11 is 0. The fourth-order valence-corrected chi connectivity index (χ4v) is 5.94. The lowest BCUT2D eigenvalue weighted by Gasteiger charge is -2.31. The summed E-state index contributed by atoms with van der Waals surface area (Å²) in [6.45, 7) is 5.46. The topological polar surface area (TPSA) is 69.7 Å². The number of benzene rings is 2. The molecule has 0 aliphatic carbocycles. The maximum atomic E-state index is 12.9. The quantitative estimate of drug-likeness (QED) is 0.748. The molecule has 0 spiro atoms. The molecule has 1 N–H and O–H groups in total. The number of sulfonamides is 1. The number of hydrogen-bond acceptors (Lipinski definition) is 4. The second-order valence-electron chi connectivity index (χ2n) is 8.71. The zero-order valence-corrected chi connectivity index (χ0v) is 18.9. The Morgan fingerprint density at radius 3 is 2.32 bits per heavy atom. The average Bonchev–Trinajstić information content (AvgIpc) is 3.21. The first-order valence-corrected chi connectivity index (χ1v) is 12.5. The summed E-state index contributed by atoms with van der Waals surface area (Å²) in [5, 5.41) is 3.21. The SMILES string of the molecule is Cc1ccc(S(=O)(=O)N2CCC(C(=O)NC3CCN(Cc4ccccc4)C3)CC2)cc1. The zero-order valence-electron chi connectivity index (χ0n) is 18.0. The van der Waals surface area contributed by atoms with Gasteiger partial charge in [-0.25, -0.2) is 8.42 Å². The van der Waals surface area contributed by atoms with E-state index in [1.54, 1.807) is 12.1 Å². The molecule has 7 heteroatoms. The molecule has 1 atom stereocenters. The molecule has 0 aromatic heterocycles. The highest BCUT2D eigenvalue weighted by Crippen LogP contribution is 2.25. The number of likely N-dealkylation sites (tertiary alicyclic amines) is 1. The molecular formula is C24H31N3O3S. The van der Waals surface area contributed by atoms with E-state index in [-0.39, 0.29) is 17.9 Å². The number of piperidine rings is 1. The number of carbonyl (C=O) groups excluding carboxylic acids is 1. The molecule has 2 heterocycles. The van der Waals surface area contributed by atoms with Crippen molar-refractivity contribution in [2.45, 2.75) is 43.7 Å². The highest BCUT2D eigenvalue weighted by Gasteiger charge is 2.33. The third-order valence-electron chi connectivity index (χ3n) is 6.35. The molecule has 166 valence electrons. The minimum atomic E-state index is -3.49. The molecule has 2 aliphatic rings. The molecule has 0 radical (unpaired) electrons. The van der Waals surface area contributed by atoms with E-state index in [9.17, 15) is 13.2 Å². The summed E-state index contributed by atoms with van der Waals surface area (Å²) in [5.74, 6) is -0.0495. The van der Waals surface area contributed by atoms with Crippen molar-refractivity contribution in [3.05, 3.63) is 65.7 Å². The molecule has 4 rings (SSSR count). The molecule has 2 aliphatic heterocycles. The molecule has 1 amide bonds. The number of nitrogens with zero attached hydrogens (tertiary/aromatic N) is 2. The van der Waals surface area contributed by atoms with Crippen LogP contribution in [0.25, 0.3) is 0 Å². The zero-order chi connectivity index (χ0) is 21.8. The molecule has 2 fully saturated rings. The van der Waals surface area contributed by atoms with Gasteiger partial charge < -0.3 is 5.32 Å². The van der Waals surface area contributed by atoms with Crippen LogP contribution in [0.15, 0.2) is 59.5 Å². The van der Waals surface area contributed by atoms with E-state index in [1.807, 2.05) is 25.1 Å². The summed E-state index contributed by atoms with van der Waals surface area (Å²) < 4.78 is 27.2. The van der Waals surface area contributed by atoms with Crippen LogP contribution in [0.2, 0.25) is 0 Å². The Bertz CT molecular complexity index is 984. The van der Waals surface area contributed by atoms with E-state index < -0.39 is 10.0 Å². The molecule has 6 nitrogen and oxygen atoms in total. The van der Waals surface area contributed by atoms with Gasteiger partial charge in [0, 0.05) is 44.7 Å². The predicted octanol–water partition coefficient (Wildman–Crippen LogP) is 2.79. The summed E-state index contributed by atoms with van der Waals surface area (Å²) in [6, 6.07) is 17.5. The van der Waals surface area contributed by atoms with Crippen LogP contribution in [-0.2, 0) is 21.4 Å². The van der Waals surface area contributed by atoms with E-state index in [4.69, 9.17) is 0 Å². The molecular weight excluding hydrogens is 410 g/mol. The van der Waals surface area contributed by atoms with Crippen LogP contribution in [0.5, 0.6) is 0 Å². The first-order valence-electron chi connectivity index (χ1n) is 11.1. The number of amides is 1. The molecule has 2 aromatic carbocycles. The second-order valence-corrected chi connectivity index (χ2v) is 10.6. The monoisotopic (exact) mass is 441 g/mol. The Balaban J connectivity index is 1.25. The number of hydrogen-bond donors (Lipinski definition) is 1. The number of aryl methyl sites for hydroxylation is 1. The summed E-state index contributed by atoms with van der Waals surface area (Å²) in [7, 11) is -3.49. The van der Waals surface area contributed by atoms with Gasteiger partial charge >= 0.3 is 0 Å². The van der Waals surface area contributed by atoms with Gasteiger partial charge in [-0.3, -0.25) is 9.69 Å². The summed E-state index contributed by atoms with van der Waals surface area (Å²) in [6.07, 6.45) is 2.09. The fourth-order valence-electron chi connectivity index (χ4n) is 4.47. The van der Waals surface area contributed by atoms with Crippen LogP contribution in [-0.4, -0.2) is 55.8 Å². The van der Waals surface area contributed by atoms with Gasteiger partial charge in [-0.2, -0.15) is 4.31 Å². The van der Waals surface area contributed by atoms with Crippen molar-refractivity contribution in [2.75, 3.05) is 26.2 Å². The van der Waals surface area contributed by atoms with Crippen LogP contribution < -0.4 is 5.32 Å². The molecule has 0 bridgehead atoms. The maximum absolute atomic E-state index is 12.9. The summed E-state index contributed by atoms with van der Waals surface area (Å²) in [4.78, 5) is 15.5. The van der Waals surface area contributed by atoms with Crippen molar-refractivity contribution in [1.29, 1.82) is 0 Å². The highest BCUT2D eigenvalue weighted by atomic mass is 32.2. The van der Waals surface area contributed by atoms with Gasteiger partial charge in [0.1, 0.15) is 0 Å². The number of rotatable bonds is 6. The van der Waals surface area contributed by atoms with Crippen LogP contribution >= 0.6 is 0 Å². The average molecular weight is 442 g/mol. The molecule has 31 heavy (non-hydrogen) atoms. The minimum Gasteiger partial charge on any atom is -0.352 e. The Morgan fingerprint density at radius 2 is 1.65 bits per heavy atom. The number of nitrogens with one attached hydrogen (secondary N) is 1. The second kappa shape index (κ2) is 9.51. The van der Waals surface area contributed by atoms with Crippen molar-refractivity contribution < 1.29 is 13.2 Å². The van der Waals surface area contributed by atoms with Crippen molar-refractivity contribution in [1.82, 2.24) is 14.5 Å². The fraction of sp³-hybridized carbons (Fsp3) is 0.458. The third-order valence-corrected chi connectivity index (χ3v) is 8.26. The Hall–Kier alpha value is -2.22. The van der Waals surface area contributed by atoms with E-state index in [0.29, 0.717) is 30.8 Å². The van der Waals surface area contributed by atoms with Crippen LogP contribution in [0.3, 0.4) is 0 Å².